The summed E-state index contributed by atoms with van der Waals surface area (Å²) in [6, 6.07) is 50.2. The van der Waals surface area contributed by atoms with Crippen LogP contribution in [0.2, 0.25) is 0 Å². The van der Waals surface area contributed by atoms with Gasteiger partial charge in [-0.15, -0.1) is 0 Å². The number of hydrogen-bond acceptors (Lipinski definition) is 1. The summed E-state index contributed by atoms with van der Waals surface area (Å²) in [4.78, 5) is 0. The minimum absolute atomic E-state index is 0.918. The Hall–Kier alpha value is -5.34. The van der Waals surface area contributed by atoms with E-state index in [1.54, 1.807) is 0 Å². The summed E-state index contributed by atoms with van der Waals surface area (Å²) >= 11 is 0. The molecule has 2 aromatic heterocycles. The van der Waals surface area contributed by atoms with Crippen LogP contribution < -0.4 is 0 Å². The van der Waals surface area contributed by atoms with Crippen molar-refractivity contribution in [3.05, 3.63) is 140 Å². The molecule has 2 nitrogen and oxygen atoms in total. The maximum absolute atomic E-state index is 6.37. The molecule has 2 heterocycles. The highest BCUT2D eigenvalue weighted by molar-refractivity contribution is 6.16. The third-order valence-electron chi connectivity index (χ3n) is 8.36. The molecule has 0 N–H and O–H groups in total. The van der Waals surface area contributed by atoms with Crippen molar-refractivity contribution in [2.45, 2.75) is 0 Å². The molecule has 40 heavy (non-hydrogen) atoms. The van der Waals surface area contributed by atoms with Crippen LogP contribution in [0.1, 0.15) is 0 Å². The molecule has 186 valence electrons. The Morgan fingerprint density at radius 3 is 2.00 bits per heavy atom. The van der Waals surface area contributed by atoms with Gasteiger partial charge >= 0.3 is 0 Å². The van der Waals surface area contributed by atoms with Crippen LogP contribution in [0.3, 0.4) is 0 Å². The molecule has 9 rings (SSSR count). The summed E-state index contributed by atoms with van der Waals surface area (Å²) in [5.74, 6) is 0. The SMILES string of the molecule is c1ccc2cc(-n3c4ccccc4c4ccc(-c5ccc6oc7c8ccccc8ccc7c6c5)cc43)ccc2c1. The van der Waals surface area contributed by atoms with Gasteiger partial charge in [-0.05, 0) is 69.8 Å². The molecule has 2 heteroatoms. The fourth-order valence-corrected chi connectivity index (χ4v) is 6.43. The van der Waals surface area contributed by atoms with Crippen LogP contribution in [-0.4, -0.2) is 4.57 Å². The highest BCUT2D eigenvalue weighted by Gasteiger charge is 2.15. The van der Waals surface area contributed by atoms with Crippen LogP contribution in [0.15, 0.2) is 144 Å². The van der Waals surface area contributed by atoms with Crippen LogP contribution in [-0.2, 0) is 0 Å². The lowest BCUT2D eigenvalue weighted by Crippen LogP contribution is -1.94. The molecule has 0 aliphatic rings. The molecule has 0 spiro atoms. The van der Waals surface area contributed by atoms with Gasteiger partial charge in [0.05, 0.1) is 11.0 Å². The average molecular weight is 510 g/mol. The number of furan rings is 1. The molecule has 7 aromatic carbocycles. The molecular formula is C38H23NO. The van der Waals surface area contributed by atoms with E-state index in [1.807, 2.05) is 0 Å². The second kappa shape index (κ2) is 8.08. The lowest BCUT2D eigenvalue weighted by Gasteiger charge is -2.10. The van der Waals surface area contributed by atoms with Crippen LogP contribution >= 0.6 is 0 Å². The van der Waals surface area contributed by atoms with Gasteiger partial charge < -0.3 is 8.98 Å². The third kappa shape index (κ3) is 3.05. The van der Waals surface area contributed by atoms with Crippen molar-refractivity contribution in [2.75, 3.05) is 0 Å². The van der Waals surface area contributed by atoms with Crippen LogP contribution in [0.4, 0.5) is 0 Å². The van der Waals surface area contributed by atoms with Gasteiger partial charge in [0.2, 0.25) is 0 Å². The largest absolute Gasteiger partial charge is 0.455 e. The van der Waals surface area contributed by atoms with Crippen molar-refractivity contribution in [1.82, 2.24) is 4.57 Å². The molecule has 0 saturated heterocycles. The molecule has 0 unspecified atom stereocenters. The molecule has 0 amide bonds. The zero-order chi connectivity index (χ0) is 26.2. The number of fused-ring (bicyclic) bond motifs is 9. The first-order chi connectivity index (χ1) is 19.8. The molecule has 0 atom stereocenters. The minimum atomic E-state index is 0.918. The van der Waals surface area contributed by atoms with Gasteiger partial charge in [0, 0.05) is 32.6 Å². The fraction of sp³-hybridized carbons (Fsp3) is 0. The molecule has 0 aliphatic carbocycles. The zero-order valence-corrected chi connectivity index (χ0v) is 21.6. The normalized spacial score (nSPS) is 12.0. The van der Waals surface area contributed by atoms with Gasteiger partial charge in [0.15, 0.2) is 0 Å². The number of nitrogens with zero attached hydrogens (tertiary/aromatic N) is 1. The maximum atomic E-state index is 6.37. The quantitative estimate of drug-likeness (QED) is 0.227. The Bertz CT molecular complexity index is 2440. The van der Waals surface area contributed by atoms with E-state index in [4.69, 9.17) is 4.42 Å². The molecule has 0 saturated carbocycles. The topological polar surface area (TPSA) is 18.1 Å². The van der Waals surface area contributed by atoms with Crippen molar-refractivity contribution in [1.29, 1.82) is 0 Å². The smallest absolute Gasteiger partial charge is 0.143 e. The Morgan fingerprint density at radius 2 is 1.07 bits per heavy atom. The predicted molar refractivity (Wildman–Crippen MR) is 169 cm³/mol. The highest BCUT2D eigenvalue weighted by Crippen LogP contribution is 2.38. The third-order valence-corrected chi connectivity index (χ3v) is 8.36. The van der Waals surface area contributed by atoms with Crippen molar-refractivity contribution in [3.63, 3.8) is 0 Å². The van der Waals surface area contributed by atoms with Gasteiger partial charge in [-0.1, -0.05) is 97.1 Å². The van der Waals surface area contributed by atoms with E-state index in [0.717, 1.165) is 27.3 Å². The Kier molecular flexibility index (Phi) is 4.36. The Labute approximate surface area is 230 Å². The van der Waals surface area contributed by atoms with E-state index in [-0.39, 0.29) is 0 Å². The van der Waals surface area contributed by atoms with Gasteiger partial charge in [0.1, 0.15) is 11.2 Å². The fourth-order valence-electron chi connectivity index (χ4n) is 6.43. The number of para-hydroxylation sites is 1. The summed E-state index contributed by atoms with van der Waals surface area (Å²) in [6.45, 7) is 0. The monoisotopic (exact) mass is 509 g/mol. The summed E-state index contributed by atoms with van der Waals surface area (Å²) in [6.07, 6.45) is 0. The van der Waals surface area contributed by atoms with Crippen molar-refractivity contribution < 1.29 is 4.42 Å². The zero-order valence-electron chi connectivity index (χ0n) is 21.6. The van der Waals surface area contributed by atoms with E-state index < -0.39 is 0 Å². The highest BCUT2D eigenvalue weighted by atomic mass is 16.3. The van der Waals surface area contributed by atoms with Crippen molar-refractivity contribution in [3.8, 4) is 16.8 Å². The van der Waals surface area contributed by atoms with Gasteiger partial charge in [0.25, 0.3) is 0 Å². The Balaban J connectivity index is 1.28. The summed E-state index contributed by atoms with van der Waals surface area (Å²) in [7, 11) is 0. The van der Waals surface area contributed by atoms with Gasteiger partial charge in [-0.3, -0.25) is 0 Å². The summed E-state index contributed by atoms with van der Waals surface area (Å²) in [5, 5.41) is 9.66. The minimum Gasteiger partial charge on any atom is -0.455 e. The van der Waals surface area contributed by atoms with E-state index in [9.17, 15) is 0 Å². The molecule has 0 bridgehead atoms. The first-order valence-electron chi connectivity index (χ1n) is 13.7. The lowest BCUT2D eigenvalue weighted by atomic mass is 10.0. The number of rotatable bonds is 2. The van der Waals surface area contributed by atoms with Crippen LogP contribution in [0, 0.1) is 0 Å². The molecular weight excluding hydrogens is 486 g/mol. The van der Waals surface area contributed by atoms with Crippen LogP contribution in [0.25, 0.3) is 82.1 Å². The Morgan fingerprint density at radius 1 is 0.400 bits per heavy atom. The van der Waals surface area contributed by atoms with Crippen molar-refractivity contribution >= 4 is 65.3 Å². The standard InChI is InChI=1S/C38H23NO/c1-2-9-26-21-29(17-13-24(26)7-1)39-35-12-6-5-11-31(35)32-18-15-28(23-36(32)39)27-16-20-37-34(22-27)33-19-14-25-8-3-4-10-30(25)38(33)40-37/h1-23H. The molecule has 0 fully saturated rings. The van der Waals surface area contributed by atoms with E-state index in [2.05, 4.69) is 144 Å². The predicted octanol–water partition coefficient (Wildman–Crippen LogP) is 10.7. The second-order valence-electron chi connectivity index (χ2n) is 10.6. The molecule has 0 radical (unpaired) electrons. The molecule has 0 aliphatic heterocycles. The number of hydrogen-bond donors (Lipinski definition) is 0. The lowest BCUT2D eigenvalue weighted by molar-refractivity contribution is 0.672. The van der Waals surface area contributed by atoms with Gasteiger partial charge in [-0.25, -0.2) is 0 Å². The summed E-state index contributed by atoms with van der Waals surface area (Å²) in [5.41, 5.74) is 7.84. The van der Waals surface area contributed by atoms with E-state index >= 15 is 0 Å². The van der Waals surface area contributed by atoms with Crippen LogP contribution in [0.5, 0.6) is 0 Å². The first kappa shape index (κ1) is 21.6. The van der Waals surface area contributed by atoms with E-state index in [1.165, 1.54) is 54.8 Å². The number of benzene rings is 7. The second-order valence-corrected chi connectivity index (χ2v) is 10.6. The van der Waals surface area contributed by atoms with E-state index in [0.29, 0.717) is 0 Å². The maximum Gasteiger partial charge on any atom is 0.143 e. The molecule has 9 aromatic rings. The number of aromatic nitrogens is 1. The first-order valence-corrected chi connectivity index (χ1v) is 13.7. The van der Waals surface area contributed by atoms with Crippen molar-refractivity contribution in [2.24, 2.45) is 0 Å². The summed E-state index contributed by atoms with van der Waals surface area (Å²) < 4.78 is 8.78. The van der Waals surface area contributed by atoms with Gasteiger partial charge in [-0.2, -0.15) is 0 Å². The average Bonchev–Trinajstić information content (AvgIpc) is 3.56.